The first-order chi connectivity index (χ1) is 7.99. The number of hydrogen-bond acceptors (Lipinski definition) is 4. The lowest BCUT2D eigenvalue weighted by Gasteiger charge is -2.20. The summed E-state index contributed by atoms with van der Waals surface area (Å²) in [5.41, 5.74) is 4.56. The van der Waals surface area contributed by atoms with Crippen LogP contribution in [0.5, 0.6) is 17.2 Å². The number of primary amides is 1. The highest BCUT2D eigenvalue weighted by Gasteiger charge is 2.26. The summed E-state index contributed by atoms with van der Waals surface area (Å²) in [4.78, 5) is 11.1. The second kappa shape index (κ2) is 4.16. The van der Waals surface area contributed by atoms with E-state index in [4.69, 9.17) is 19.9 Å². The largest absolute Gasteiger partial charge is 0.492 e. The predicted molar refractivity (Wildman–Crippen MR) is 61.0 cm³/mol. The van der Waals surface area contributed by atoms with Gasteiger partial charge >= 0.3 is 0 Å². The normalized spacial score (nSPS) is 13.5. The van der Waals surface area contributed by atoms with Gasteiger partial charge in [-0.25, -0.2) is 0 Å². The van der Waals surface area contributed by atoms with Gasteiger partial charge in [0.15, 0.2) is 11.5 Å². The number of ether oxygens (including phenoxy) is 3. The maximum Gasteiger partial charge on any atom is 0.231 e. The molecular formula is C12H15NO4. The number of carbonyl (C=O) groups is 1. The topological polar surface area (TPSA) is 70.8 Å². The molecule has 2 N–H and O–H groups in total. The summed E-state index contributed by atoms with van der Waals surface area (Å²) in [6, 6.07) is 5.28. The molecule has 0 bridgehead atoms. The van der Waals surface area contributed by atoms with Gasteiger partial charge in [0, 0.05) is 6.07 Å². The minimum Gasteiger partial charge on any atom is -0.492 e. The van der Waals surface area contributed by atoms with Gasteiger partial charge in [-0.3, -0.25) is 4.79 Å². The Hall–Kier alpha value is -1.91. The Morgan fingerprint density at radius 2 is 2.12 bits per heavy atom. The lowest BCUT2D eigenvalue weighted by molar-refractivity contribution is -0.127. The smallest absolute Gasteiger partial charge is 0.231 e. The van der Waals surface area contributed by atoms with E-state index in [1.807, 2.05) is 0 Å². The number of carbonyl (C=O) groups excluding carboxylic acids is 1. The molecule has 0 saturated carbocycles. The highest BCUT2D eigenvalue weighted by atomic mass is 16.7. The third-order valence-corrected chi connectivity index (χ3v) is 2.61. The molecular weight excluding hydrogens is 222 g/mol. The van der Waals surface area contributed by atoms with Crippen LogP contribution in [-0.4, -0.2) is 19.3 Å². The number of hydrogen-bond donors (Lipinski definition) is 1. The fourth-order valence-electron chi connectivity index (χ4n) is 1.30. The van der Waals surface area contributed by atoms with E-state index < -0.39 is 11.3 Å². The van der Waals surface area contributed by atoms with Gasteiger partial charge in [0.1, 0.15) is 12.4 Å². The molecule has 17 heavy (non-hydrogen) atoms. The van der Waals surface area contributed by atoms with Crippen molar-refractivity contribution in [3.63, 3.8) is 0 Å². The Kier molecular flexibility index (Phi) is 2.83. The van der Waals surface area contributed by atoms with E-state index in [0.717, 1.165) is 0 Å². The average molecular weight is 237 g/mol. The predicted octanol–water partition coefficient (Wildman–Crippen LogP) is 1.31. The first-order valence-corrected chi connectivity index (χ1v) is 5.31. The zero-order valence-electron chi connectivity index (χ0n) is 9.86. The fourth-order valence-corrected chi connectivity index (χ4v) is 1.30. The standard InChI is InChI=1S/C12H15NO4/c1-12(2,11(13)14)6-15-8-3-4-9-10(5-8)17-7-16-9/h3-5H,6-7H2,1-2H3,(H2,13,14). The van der Waals surface area contributed by atoms with Crippen molar-refractivity contribution in [3.8, 4) is 17.2 Å². The van der Waals surface area contributed by atoms with Crippen LogP contribution in [0, 0.1) is 5.41 Å². The number of nitrogens with two attached hydrogens (primary N) is 1. The summed E-state index contributed by atoms with van der Waals surface area (Å²) >= 11 is 0. The molecule has 0 atom stereocenters. The summed E-state index contributed by atoms with van der Waals surface area (Å²) < 4.78 is 15.9. The van der Waals surface area contributed by atoms with Crippen LogP contribution in [0.25, 0.3) is 0 Å². The number of rotatable bonds is 4. The van der Waals surface area contributed by atoms with E-state index in [1.165, 1.54) is 0 Å². The average Bonchev–Trinajstić information content (AvgIpc) is 2.73. The van der Waals surface area contributed by atoms with E-state index in [9.17, 15) is 4.79 Å². The van der Waals surface area contributed by atoms with Crippen molar-refractivity contribution < 1.29 is 19.0 Å². The van der Waals surface area contributed by atoms with Crippen LogP contribution in [0.1, 0.15) is 13.8 Å². The zero-order chi connectivity index (χ0) is 12.5. The van der Waals surface area contributed by atoms with Crippen molar-refractivity contribution in [1.82, 2.24) is 0 Å². The first kappa shape index (κ1) is 11.6. The summed E-state index contributed by atoms with van der Waals surface area (Å²) in [7, 11) is 0. The Balaban J connectivity index is 2.03. The summed E-state index contributed by atoms with van der Waals surface area (Å²) in [6.07, 6.45) is 0. The molecule has 2 rings (SSSR count). The monoisotopic (exact) mass is 237 g/mol. The van der Waals surface area contributed by atoms with E-state index in [-0.39, 0.29) is 13.4 Å². The Morgan fingerprint density at radius 1 is 1.41 bits per heavy atom. The van der Waals surface area contributed by atoms with Crippen LogP contribution in [0.4, 0.5) is 0 Å². The molecule has 1 heterocycles. The second-order valence-electron chi connectivity index (χ2n) is 4.55. The SMILES string of the molecule is CC(C)(COc1ccc2c(c1)OCO2)C(N)=O. The molecule has 1 aliphatic heterocycles. The number of benzene rings is 1. The van der Waals surface area contributed by atoms with Crippen molar-refractivity contribution in [2.75, 3.05) is 13.4 Å². The highest BCUT2D eigenvalue weighted by Crippen LogP contribution is 2.35. The van der Waals surface area contributed by atoms with E-state index in [2.05, 4.69) is 0 Å². The Bertz CT molecular complexity index is 442. The van der Waals surface area contributed by atoms with Gasteiger partial charge in [0.2, 0.25) is 12.7 Å². The third kappa shape index (κ3) is 2.43. The molecule has 5 nitrogen and oxygen atoms in total. The summed E-state index contributed by atoms with van der Waals surface area (Å²) in [5.74, 6) is 1.59. The molecule has 0 aromatic heterocycles. The molecule has 0 spiro atoms. The van der Waals surface area contributed by atoms with Crippen molar-refractivity contribution in [2.45, 2.75) is 13.8 Å². The Labute approximate surface area is 99.5 Å². The highest BCUT2D eigenvalue weighted by molar-refractivity contribution is 5.80. The van der Waals surface area contributed by atoms with Gasteiger partial charge in [0.05, 0.1) is 5.41 Å². The maximum absolute atomic E-state index is 11.1. The van der Waals surface area contributed by atoms with Crippen molar-refractivity contribution in [1.29, 1.82) is 0 Å². The van der Waals surface area contributed by atoms with E-state index >= 15 is 0 Å². The van der Waals surface area contributed by atoms with Gasteiger partial charge in [0.25, 0.3) is 0 Å². The fraction of sp³-hybridized carbons (Fsp3) is 0.417. The van der Waals surface area contributed by atoms with Gasteiger partial charge in [-0.2, -0.15) is 0 Å². The van der Waals surface area contributed by atoms with Crippen LogP contribution in [0.15, 0.2) is 18.2 Å². The minimum atomic E-state index is -0.698. The number of amides is 1. The van der Waals surface area contributed by atoms with E-state index in [0.29, 0.717) is 17.2 Å². The second-order valence-corrected chi connectivity index (χ2v) is 4.55. The van der Waals surface area contributed by atoms with Crippen LogP contribution in [0.2, 0.25) is 0 Å². The van der Waals surface area contributed by atoms with Crippen molar-refractivity contribution in [2.24, 2.45) is 11.1 Å². The van der Waals surface area contributed by atoms with Gasteiger partial charge in [-0.05, 0) is 26.0 Å². The third-order valence-electron chi connectivity index (χ3n) is 2.61. The molecule has 1 aromatic rings. The molecule has 92 valence electrons. The van der Waals surface area contributed by atoms with Crippen LogP contribution in [0.3, 0.4) is 0 Å². The summed E-state index contributed by atoms with van der Waals surface area (Å²) in [5, 5.41) is 0. The van der Waals surface area contributed by atoms with Gasteiger partial charge in [-0.1, -0.05) is 0 Å². The number of fused-ring (bicyclic) bond motifs is 1. The molecule has 0 saturated heterocycles. The molecule has 0 unspecified atom stereocenters. The minimum absolute atomic E-state index is 0.224. The Morgan fingerprint density at radius 3 is 2.82 bits per heavy atom. The van der Waals surface area contributed by atoms with Crippen LogP contribution in [-0.2, 0) is 4.79 Å². The first-order valence-electron chi connectivity index (χ1n) is 5.31. The molecule has 1 amide bonds. The molecule has 0 radical (unpaired) electrons. The van der Waals surface area contributed by atoms with E-state index in [1.54, 1.807) is 32.0 Å². The molecule has 1 aromatic carbocycles. The van der Waals surface area contributed by atoms with Crippen molar-refractivity contribution in [3.05, 3.63) is 18.2 Å². The van der Waals surface area contributed by atoms with Gasteiger partial charge < -0.3 is 19.9 Å². The van der Waals surface area contributed by atoms with Gasteiger partial charge in [-0.15, -0.1) is 0 Å². The van der Waals surface area contributed by atoms with Crippen molar-refractivity contribution >= 4 is 5.91 Å². The molecule has 0 aliphatic carbocycles. The lowest BCUT2D eigenvalue weighted by atomic mass is 9.94. The molecule has 5 heteroatoms. The molecule has 1 aliphatic rings. The zero-order valence-corrected chi connectivity index (χ0v) is 9.86. The quantitative estimate of drug-likeness (QED) is 0.857. The summed E-state index contributed by atoms with van der Waals surface area (Å²) in [6.45, 7) is 3.93. The van der Waals surface area contributed by atoms with Crippen LogP contribution < -0.4 is 19.9 Å². The maximum atomic E-state index is 11.1. The lowest BCUT2D eigenvalue weighted by Crippen LogP contribution is -2.36. The van der Waals surface area contributed by atoms with Crippen LogP contribution >= 0.6 is 0 Å². The molecule has 0 fully saturated rings.